The molecule has 0 saturated carbocycles. The van der Waals surface area contributed by atoms with Crippen molar-refractivity contribution in [1.82, 2.24) is 5.32 Å². The second kappa shape index (κ2) is 7.83. The lowest BCUT2D eigenvalue weighted by atomic mass is 10.1. The van der Waals surface area contributed by atoms with Gasteiger partial charge in [0.2, 0.25) is 0 Å². The molecule has 0 spiro atoms. The minimum atomic E-state index is -0.598. The smallest absolute Gasteiger partial charge is 0.331 e. The Hall–Kier alpha value is -2.82. The fourth-order valence-electron chi connectivity index (χ4n) is 1.83. The fraction of sp³-hybridized carbons (Fsp3) is 0.176. The van der Waals surface area contributed by atoms with Gasteiger partial charge in [0.15, 0.2) is 6.61 Å². The highest BCUT2D eigenvalue weighted by atomic mass is 16.5. The Kier molecular flexibility index (Phi) is 5.54. The van der Waals surface area contributed by atoms with E-state index in [1.165, 1.54) is 18.4 Å². The molecule has 0 bridgehead atoms. The molecule has 0 aliphatic carbocycles. The largest absolute Gasteiger partial charge is 0.465 e. The molecule has 2 rings (SSSR count). The van der Waals surface area contributed by atoms with Crippen molar-refractivity contribution in [2.24, 2.45) is 0 Å². The van der Waals surface area contributed by atoms with Crippen LogP contribution in [0.25, 0.3) is 6.08 Å². The quantitative estimate of drug-likeness (QED) is 0.658. The molecule has 5 nitrogen and oxygen atoms in total. The van der Waals surface area contributed by atoms with Crippen LogP contribution in [0.2, 0.25) is 0 Å². The standard InChI is InChI=1S/C17H17NO4/c1-13(14-6-3-2-4-7-14)18-16(19)12-22-17(20)10-9-15-8-5-11-21-15/h2-11,13H,12H2,1H3,(H,18,19)/b10-9+/t13-/m0/s1. The van der Waals surface area contributed by atoms with Crippen LogP contribution in [0.1, 0.15) is 24.3 Å². The first kappa shape index (κ1) is 15.6. The molecule has 0 radical (unpaired) electrons. The first-order valence-electron chi connectivity index (χ1n) is 6.88. The maximum absolute atomic E-state index is 11.7. The van der Waals surface area contributed by atoms with Gasteiger partial charge in [-0.05, 0) is 30.7 Å². The maximum Gasteiger partial charge on any atom is 0.331 e. The predicted molar refractivity (Wildman–Crippen MR) is 81.7 cm³/mol. The lowest BCUT2D eigenvalue weighted by Gasteiger charge is -2.13. The minimum absolute atomic E-state index is 0.147. The second-order valence-electron chi connectivity index (χ2n) is 4.66. The summed E-state index contributed by atoms with van der Waals surface area (Å²) in [5.74, 6) is -0.408. The zero-order valence-corrected chi connectivity index (χ0v) is 12.2. The third-order valence-corrected chi connectivity index (χ3v) is 2.95. The molecule has 1 amide bonds. The van der Waals surface area contributed by atoms with Crippen LogP contribution in [0.5, 0.6) is 0 Å². The number of rotatable bonds is 6. The normalized spacial score (nSPS) is 12.0. The Balaban J connectivity index is 1.74. The molecule has 0 saturated heterocycles. The zero-order chi connectivity index (χ0) is 15.8. The summed E-state index contributed by atoms with van der Waals surface area (Å²) in [5.41, 5.74) is 0.986. The van der Waals surface area contributed by atoms with Crippen molar-refractivity contribution in [1.29, 1.82) is 0 Å². The van der Waals surface area contributed by atoms with Gasteiger partial charge in [-0.15, -0.1) is 0 Å². The summed E-state index contributed by atoms with van der Waals surface area (Å²) >= 11 is 0. The number of furan rings is 1. The molecule has 114 valence electrons. The van der Waals surface area contributed by atoms with Crippen molar-refractivity contribution in [2.45, 2.75) is 13.0 Å². The van der Waals surface area contributed by atoms with E-state index in [1.54, 1.807) is 12.1 Å². The number of ether oxygens (including phenoxy) is 1. The van der Waals surface area contributed by atoms with Gasteiger partial charge in [-0.1, -0.05) is 30.3 Å². The molecule has 1 atom stereocenters. The number of carbonyl (C=O) groups is 2. The molecule has 0 unspecified atom stereocenters. The van der Waals surface area contributed by atoms with Crippen molar-refractivity contribution >= 4 is 18.0 Å². The van der Waals surface area contributed by atoms with E-state index in [1.807, 2.05) is 37.3 Å². The number of benzene rings is 1. The molecule has 1 aromatic heterocycles. The van der Waals surface area contributed by atoms with Crippen molar-refractivity contribution < 1.29 is 18.7 Å². The van der Waals surface area contributed by atoms with E-state index >= 15 is 0 Å². The predicted octanol–water partition coefficient (Wildman–Crippen LogP) is 2.71. The Bertz CT molecular complexity index is 632. The van der Waals surface area contributed by atoms with Crippen LogP contribution in [0.15, 0.2) is 59.2 Å². The van der Waals surface area contributed by atoms with E-state index in [4.69, 9.17) is 9.15 Å². The van der Waals surface area contributed by atoms with Crippen molar-refractivity contribution in [2.75, 3.05) is 6.61 Å². The van der Waals surface area contributed by atoms with Gasteiger partial charge >= 0.3 is 5.97 Å². The molecule has 22 heavy (non-hydrogen) atoms. The van der Waals surface area contributed by atoms with Crippen LogP contribution < -0.4 is 5.32 Å². The Morgan fingerprint density at radius 1 is 1.23 bits per heavy atom. The van der Waals surface area contributed by atoms with Crippen LogP contribution in [0, 0.1) is 0 Å². The van der Waals surface area contributed by atoms with Crippen LogP contribution in [0.3, 0.4) is 0 Å². The van der Waals surface area contributed by atoms with Crippen molar-refractivity contribution in [3.63, 3.8) is 0 Å². The summed E-state index contributed by atoms with van der Waals surface area (Å²) in [4.78, 5) is 23.2. The third-order valence-electron chi connectivity index (χ3n) is 2.95. The number of esters is 1. The molecular formula is C17H17NO4. The Morgan fingerprint density at radius 2 is 2.00 bits per heavy atom. The maximum atomic E-state index is 11.7. The molecule has 0 fully saturated rings. The van der Waals surface area contributed by atoms with E-state index in [0.29, 0.717) is 5.76 Å². The van der Waals surface area contributed by atoms with Gasteiger partial charge in [0.05, 0.1) is 12.3 Å². The lowest BCUT2D eigenvalue weighted by Crippen LogP contribution is -2.30. The lowest BCUT2D eigenvalue weighted by molar-refractivity contribution is -0.144. The molecule has 0 aliphatic rings. The fourth-order valence-corrected chi connectivity index (χ4v) is 1.83. The first-order chi connectivity index (χ1) is 10.6. The first-order valence-corrected chi connectivity index (χ1v) is 6.88. The van der Waals surface area contributed by atoms with Gasteiger partial charge in [-0.3, -0.25) is 4.79 Å². The highest BCUT2D eigenvalue weighted by Crippen LogP contribution is 2.10. The van der Waals surface area contributed by atoms with Crippen LogP contribution in [0.4, 0.5) is 0 Å². The number of carbonyl (C=O) groups excluding carboxylic acids is 2. The van der Waals surface area contributed by atoms with E-state index in [0.717, 1.165) is 5.56 Å². The average Bonchev–Trinajstić information content (AvgIpc) is 3.05. The monoisotopic (exact) mass is 299 g/mol. The summed E-state index contributed by atoms with van der Waals surface area (Å²) in [7, 11) is 0. The Labute approximate surface area is 128 Å². The summed E-state index contributed by atoms with van der Waals surface area (Å²) < 4.78 is 9.90. The highest BCUT2D eigenvalue weighted by Gasteiger charge is 2.10. The Morgan fingerprint density at radius 3 is 2.68 bits per heavy atom. The van der Waals surface area contributed by atoms with Gasteiger partial charge in [-0.25, -0.2) is 4.79 Å². The van der Waals surface area contributed by atoms with Gasteiger partial charge in [-0.2, -0.15) is 0 Å². The third kappa shape index (κ3) is 4.94. The minimum Gasteiger partial charge on any atom is -0.465 e. The summed E-state index contributed by atoms with van der Waals surface area (Å²) in [6, 6.07) is 12.8. The van der Waals surface area contributed by atoms with Crippen molar-refractivity contribution in [3.05, 3.63) is 66.1 Å². The molecule has 2 aromatic rings. The molecular weight excluding hydrogens is 282 g/mol. The van der Waals surface area contributed by atoms with E-state index < -0.39 is 5.97 Å². The second-order valence-corrected chi connectivity index (χ2v) is 4.66. The molecule has 1 aromatic carbocycles. The number of amides is 1. The van der Waals surface area contributed by atoms with Gasteiger partial charge in [0.25, 0.3) is 5.91 Å². The molecule has 0 aliphatic heterocycles. The highest BCUT2D eigenvalue weighted by molar-refractivity contribution is 5.88. The topological polar surface area (TPSA) is 68.5 Å². The molecule has 5 heteroatoms. The van der Waals surface area contributed by atoms with E-state index in [-0.39, 0.29) is 18.6 Å². The molecule has 1 N–H and O–H groups in total. The SMILES string of the molecule is C[C@H](NC(=O)COC(=O)/C=C/c1ccco1)c1ccccc1. The number of hydrogen-bond acceptors (Lipinski definition) is 4. The number of hydrogen-bond donors (Lipinski definition) is 1. The van der Waals surface area contributed by atoms with Gasteiger partial charge in [0.1, 0.15) is 5.76 Å². The number of nitrogens with one attached hydrogen (secondary N) is 1. The van der Waals surface area contributed by atoms with Crippen molar-refractivity contribution in [3.8, 4) is 0 Å². The van der Waals surface area contributed by atoms with E-state index in [2.05, 4.69) is 5.32 Å². The summed E-state index contributed by atoms with van der Waals surface area (Å²) in [5, 5.41) is 2.76. The van der Waals surface area contributed by atoms with Crippen LogP contribution in [-0.4, -0.2) is 18.5 Å². The summed E-state index contributed by atoms with van der Waals surface area (Å²) in [6.45, 7) is 1.55. The molecule has 1 heterocycles. The van der Waals surface area contributed by atoms with Crippen LogP contribution in [-0.2, 0) is 14.3 Å². The van der Waals surface area contributed by atoms with Crippen LogP contribution >= 0.6 is 0 Å². The zero-order valence-electron chi connectivity index (χ0n) is 12.2. The average molecular weight is 299 g/mol. The van der Waals surface area contributed by atoms with Gasteiger partial charge < -0.3 is 14.5 Å². The van der Waals surface area contributed by atoms with E-state index in [9.17, 15) is 9.59 Å². The van der Waals surface area contributed by atoms with Gasteiger partial charge in [0, 0.05) is 6.08 Å². The summed E-state index contributed by atoms with van der Waals surface area (Å²) in [6.07, 6.45) is 4.20.